The van der Waals surface area contributed by atoms with Crippen LogP contribution in [-0.4, -0.2) is 40.6 Å². The fraction of sp³-hybridized carbons (Fsp3) is 0.643. The molecule has 1 aromatic carbocycles. The van der Waals surface area contributed by atoms with Crippen molar-refractivity contribution in [2.24, 2.45) is 23.5 Å². The summed E-state index contributed by atoms with van der Waals surface area (Å²) in [6.07, 6.45) is 1.64. The predicted octanol–water partition coefficient (Wildman–Crippen LogP) is 4.67. The molecule has 0 aliphatic rings. The van der Waals surface area contributed by atoms with Crippen molar-refractivity contribution in [2.45, 2.75) is 98.6 Å². The van der Waals surface area contributed by atoms with E-state index in [9.17, 15) is 24.3 Å². The summed E-state index contributed by atoms with van der Waals surface area (Å²) >= 11 is 0. The summed E-state index contributed by atoms with van der Waals surface area (Å²) in [4.78, 5) is 49.3. The molecule has 0 heterocycles. The van der Waals surface area contributed by atoms with Crippen molar-refractivity contribution in [2.75, 3.05) is 0 Å². The molecule has 0 fully saturated rings. The summed E-state index contributed by atoms with van der Waals surface area (Å²) in [7, 11) is 0. The second-order valence-corrected chi connectivity index (χ2v) is 10.0. The normalized spacial score (nSPS) is 16.0. The second-order valence-electron chi connectivity index (χ2n) is 10.0. The van der Waals surface area contributed by atoms with Gasteiger partial charge in [0.15, 0.2) is 11.5 Å². The third kappa shape index (κ3) is 9.80. The molecule has 0 aliphatic heterocycles. The summed E-state index contributed by atoms with van der Waals surface area (Å²) in [6.45, 7) is 12.5. The largest absolute Gasteiger partial charge is 0.480 e. The highest BCUT2D eigenvalue weighted by molar-refractivity contribution is 5.80. The van der Waals surface area contributed by atoms with Gasteiger partial charge in [-0.15, -0.1) is 0 Å². The smallest absolute Gasteiger partial charge is 0.324 e. The molecule has 0 saturated carbocycles. The standard InChI is InChI=1S/C28H43NO8/c1-8-11-19(6)26(32)35-20(7)15-28(29,27(33)34)16-21-12-13-22(36-24(30)17(4)9-2)23(14-21)37-25(31)18(5)10-3/h12-14,17-20H,8-11,15-16,29H2,1-7H3,(H,33,34)/t17?,18?,19?,20-,28?/m0/s1. The van der Waals surface area contributed by atoms with Gasteiger partial charge in [-0.25, -0.2) is 0 Å². The number of benzene rings is 1. The maximum Gasteiger partial charge on any atom is 0.324 e. The molecular formula is C28H43NO8. The molecule has 0 aliphatic carbocycles. The monoisotopic (exact) mass is 521 g/mol. The van der Waals surface area contributed by atoms with Gasteiger partial charge in [0, 0.05) is 12.8 Å². The zero-order chi connectivity index (χ0) is 28.3. The van der Waals surface area contributed by atoms with Crippen LogP contribution < -0.4 is 15.2 Å². The third-order valence-corrected chi connectivity index (χ3v) is 6.50. The van der Waals surface area contributed by atoms with E-state index in [2.05, 4.69) is 0 Å². The number of carbonyl (C=O) groups excluding carboxylic acids is 3. The first-order valence-electron chi connectivity index (χ1n) is 13.1. The molecule has 0 aromatic heterocycles. The highest BCUT2D eigenvalue weighted by atomic mass is 16.6. The van der Waals surface area contributed by atoms with E-state index in [1.807, 2.05) is 20.8 Å². The first-order chi connectivity index (χ1) is 17.3. The van der Waals surface area contributed by atoms with Crippen molar-refractivity contribution in [3.8, 4) is 11.5 Å². The molecule has 208 valence electrons. The van der Waals surface area contributed by atoms with Gasteiger partial charge in [0.2, 0.25) is 0 Å². The summed E-state index contributed by atoms with van der Waals surface area (Å²) in [6, 6.07) is 4.50. The SMILES string of the molecule is CCCC(C)C(=O)O[C@@H](C)CC(N)(Cc1ccc(OC(=O)C(C)CC)c(OC(=O)C(C)CC)c1)C(=O)O. The summed E-state index contributed by atoms with van der Waals surface area (Å²) in [5, 5.41) is 9.93. The van der Waals surface area contributed by atoms with Gasteiger partial charge in [0.05, 0.1) is 17.8 Å². The van der Waals surface area contributed by atoms with Gasteiger partial charge in [0.1, 0.15) is 11.6 Å². The number of carbonyl (C=O) groups is 4. The van der Waals surface area contributed by atoms with E-state index in [-0.39, 0.29) is 42.1 Å². The number of nitrogens with two attached hydrogens (primary N) is 1. The Morgan fingerprint density at radius 2 is 1.41 bits per heavy atom. The van der Waals surface area contributed by atoms with Crippen LogP contribution in [0.15, 0.2) is 18.2 Å². The molecule has 9 nitrogen and oxygen atoms in total. The Hall–Kier alpha value is -2.94. The zero-order valence-corrected chi connectivity index (χ0v) is 23.2. The molecule has 1 aromatic rings. The average molecular weight is 522 g/mol. The molecule has 0 bridgehead atoms. The third-order valence-electron chi connectivity index (χ3n) is 6.50. The minimum atomic E-state index is -1.76. The molecule has 0 saturated heterocycles. The lowest BCUT2D eigenvalue weighted by molar-refractivity contribution is -0.156. The summed E-state index contributed by atoms with van der Waals surface area (Å²) < 4.78 is 16.5. The lowest BCUT2D eigenvalue weighted by Crippen LogP contribution is -2.52. The van der Waals surface area contributed by atoms with Crippen molar-refractivity contribution < 1.29 is 38.5 Å². The number of ether oxygens (including phenoxy) is 3. The summed E-state index contributed by atoms with van der Waals surface area (Å²) in [5.74, 6) is -3.59. The molecule has 0 spiro atoms. The number of esters is 3. The van der Waals surface area contributed by atoms with Crippen LogP contribution in [0.5, 0.6) is 11.5 Å². The number of carboxylic acid groups (broad SMARTS) is 1. The predicted molar refractivity (Wildman–Crippen MR) is 139 cm³/mol. The zero-order valence-electron chi connectivity index (χ0n) is 23.2. The molecule has 3 N–H and O–H groups in total. The van der Waals surface area contributed by atoms with Crippen LogP contribution in [0.3, 0.4) is 0 Å². The highest BCUT2D eigenvalue weighted by Gasteiger charge is 2.37. The molecule has 5 atom stereocenters. The molecule has 37 heavy (non-hydrogen) atoms. The van der Waals surface area contributed by atoms with Gasteiger partial charge in [-0.05, 0) is 43.9 Å². The molecular weight excluding hydrogens is 478 g/mol. The molecule has 0 amide bonds. The number of carboxylic acids is 1. The van der Waals surface area contributed by atoms with Gasteiger partial charge >= 0.3 is 23.9 Å². The molecule has 0 radical (unpaired) electrons. The van der Waals surface area contributed by atoms with Crippen LogP contribution in [-0.2, 0) is 30.3 Å². The van der Waals surface area contributed by atoms with Crippen molar-refractivity contribution in [1.82, 2.24) is 0 Å². The van der Waals surface area contributed by atoms with Gasteiger partial charge in [-0.1, -0.05) is 54.0 Å². The first kappa shape index (κ1) is 32.1. The lowest BCUT2D eigenvalue weighted by atomic mass is 9.86. The minimum absolute atomic E-state index is 0.0139. The first-order valence-corrected chi connectivity index (χ1v) is 13.1. The topological polar surface area (TPSA) is 142 Å². The maximum absolute atomic E-state index is 12.5. The van der Waals surface area contributed by atoms with Crippen LogP contribution >= 0.6 is 0 Å². The van der Waals surface area contributed by atoms with Crippen LogP contribution in [0.1, 0.15) is 86.1 Å². The van der Waals surface area contributed by atoms with Gasteiger partial charge in [0.25, 0.3) is 0 Å². The van der Waals surface area contributed by atoms with E-state index in [0.29, 0.717) is 24.8 Å². The van der Waals surface area contributed by atoms with Crippen LogP contribution in [0.2, 0.25) is 0 Å². The fourth-order valence-corrected chi connectivity index (χ4v) is 3.60. The van der Waals surface area contributed by atoms with Gasteiger partial charge in [-0.2, -0.15) is 0 Å². The van der Waals surface area contributed by atoms with E-state index in [1.54, 1.807) is 33.8 Å². The fourth-order valence-electron chi connectivity index (χ4n) is 3.60. The van der Waals surface area contributed by atoms with Crippen LogP contribution in [0.4, 0.5) is 0 Å². The molecule has 9 heteroatoms. The highest BCUT2D eigenvalue weighted by Crippen LogP contribution is 2.32. The van der Waals surface area contributed by atoms with Crippen molar-refractivity contribution >= 4 is 23.9 Å². The Kier molecular flexibility index (Phi) is 12.8. The van der Waals surface area contributed by atoms with E-state index < -0.39 is 35.5 Å². The quantitative estimate of drug-likeness (QED) is 0.248. The Labute approximate surface area is 220 Å². The number of hydrogen-bond donors (Lipinski definition) is 2. The van der Waals surface area contributed by atoms with Crippen molar-refractivity contribution in [3.63, 3.8) is 0 Å². The van der Waals surface area contributed by atoms with Crippen molar-refractivity contribution in [1.29, 1.82) is 0 Å². The second kappa shape index (κ2) is 14.7. The van der Waals surface area contributed by atoms with Crippen LogP contribution in [0, 0.1) is 17.8 Å². The van der Waals surface area contributed by atoms with E-state index in [4.69, 9.17) is 19.9 Å². The van der Waals surface area contributed by atoms with E-state index in [0.717, 1.165) is 6.42 Å². The molecule has 4 unspecified atom stereocenters. The Balaban J connectivity index is 3.22. The molecule has 1 rings (SSSR count). The maximum atomic E-state index is 12.5. The number of rotatable bonds is 15. The van der Waals surface area contributed by atoms with E-state index in [1.165, 1.54) is 12.1 Å². The van der Waals surface area contributed by atoms with E-state index >= 15 is 0 Å². The van der Waals surface area contributed by atoms with Gasteiger partial charge in [-0.3, -0.25) is 19.2 Å². The number of aliphatic carboxylic acids is 1. The van der Waals surface area contributed by atoms with Crippen LogP contribution in [0.25, 0.3) is 0 Å². The lowest BCUT2D eigenvalue weighted by Gasteiger charge is -2.28. The summed E-state index contributed by atoms with van der Waals surface area (Å²) in [5.41, 5.74) is 4.99. The number of hydrogen-bond acceptors (Lipinski definition) is 8. The Morgan fingerprint density at radius 1 is 0.865 bits per heavy atom. The minimum Gasteiger partial charge on any atom is -0.480 e. The Morgan fingerprint density at radius 3 is 1.89 bits per heavy atom. The van der Waals surface area contributed by atoms with Crippen molar-refractivity contribution in [3.05, 3.63) is 23.8 Å². The average Bonchev–Trinajstić information content (AvgIpc) is 2.84. The Bertz CT molecular complexity index is 946. The van der Waals surface area contributed by atoms with Gasteiger partial charge < -0.3 is 25.1 Å².